The number of anilines is 1. The molecule has 2 aromatic carbocycles. The number of carbonyl (C=O) groups is 1. The van der Waals surface area contributed by atoms with Crippen LogP contribution in [0.5, 0.6) is 0 Å². The normalized spacial score (nSPS) is 15.4. The molecule has 1 aromatic heterocycles. The second-order valence-electron chi connectivity index (χ2n) is 7.61. The lowest BCUT2D eigenvalue weighted by molar-refractivity contribution is 0.0931. The van der Waals surface area contributed by atoms with Gasteiger partial charge in [0.1, 0.15) is 0 Å². The predicted octanol–water partition coefficient (Wildman–Crippen LogP) is 4.67. The van der Waals surface area contributed by atoms with Crippen LogP contribution in [-0.4, -0.2) is 34.6 Å². The number of halogens is 1. The number of benzene rings is 2. The van der Waals surface area contributed by atoms with E-state index in [-0.39, 0.29) is 11.9 Å². The summed E-state index contributed by atoms with van der Waals surface area (Å²) in [5.41, 5.74) is 2.85. The molecule has 146 valence electrons. The lowest BCUT2D eigenvalue weighted by Gasteiger charge is -2.34. The quantitative estimate of drug-likeness (QED) is 0.697. The van der Waals surface area contributed by atoms with E-state index in [1.807, 2.05) is 6.07 Å². The molecular formula is C22H25ClN4O. The first-order valence-electron chi connectivity index (χ1n) is 9.81. The van der Waals surface area contributed by atoms with Crippen LogP contribution < -0.4 is 10.2 Å². The molecule has 0 spiro atoms. The van der Waals surface area contributed by atoms with Crippen molar-refractivity contribution in [1.82, 2.24) is 14.9 Å². The van der Waals surface area contributed by atoms with Crippen LogP contribution in [0.3, 0.4) is 0 Å². The minimum absolute atomic E-state index is 0.0375. The average Bonchev–Trinajstić information content (AvgIpc) is 3.09. The van der Waals surface area contributed by atoms with E-state index in [0.717, 1.165) is 37.4 Å². The number of imidazole rings is 1. The summed E-state index contributed by atoms with van der Waals surface area (Å²) in [6.45, 7) is 6.14. The van der Waals surface area contributed by atoms with Crippen LogP contribution in [0, 0.1) is 0 Å². The van der Waals surface area contributed by atoms with E-state index in [0.29, 0.717) is 16.6 Å². The number of piperidine rings is 1. The molecule has 0 bridgehead atoms. The molecule has 0 aliphatic carbocycles. The number of fused-ring (bicyclic) bond motifs is 1. The van der Waals surface area contributed by atoms with Gasteiger partial charge in [0.25, 0.3) is 5.91 Å². The molecule has 0 unspecified atom stereocenters. The van der Waals surface area contributed by atoms with Gasteiger partial charge in [-0.05, 0) is 63.1 Å². The average molecular weight is 397 g/mol. The summed E-state index contributed by atoms with van der Waals surface area (Å²) in [6, 6.07) is 15.8. The zero-order chi connectivity index (χ0) is 19.7. The molecule has 1 saturated heterocycles. The number of amides is 1. The smallest absolute Gasteiger partial charge is 0.251 e. The summed E-state index contributed by atoms with van der Waals surface area (Å²) in [5, 5.41) is 3.79. The first kappa shape index (κ1) is 18.8. The van der Waals surface area contributed by atoms with Crippen LogP contribution in [0.15, 0.2) is 48.5 Å². The molecule has 0 saturated carbocycles. The second-order valence-corrected chi connectivity index (χ2v) is 8.04. The van der Waals surface area contributed by atoms with Gasteiger partial charge in [0.15, 0.2) is 0 Å². The Balaban J connectivity index is 1.44. The fourth-order valence-electron chi connectivity index (χ4n) is 3.86. The van der Waals surface area contributed by atoms with E-state index in [2.05, 4.69) is 46.8 Å². The molecule has 1 N–H and O–H groups in total. The van der Waals surface area contributed by atoms with Crippen LogP contribution in [0.2, 0.25) is 5.02 Å². The number of hydrogen-bond acceptors (Lipinski definition) is 3. The highest BCUT2D eigenvalue weighted by Crippen LogP contribution is 2.28. The van der Waals surface area contributed by atoms with Gasteiger partial charge in [-0.25, -0.2) is 4.98 Å². The van der Waals surface area contributed by atoms with Crippen molar-refractivity contribution in [3.63, 3.8) is 0 Å². The molecule has 6 heteroatoms. The van der Waals surface area contributed by atoms with Crippen molar-refractivity contribution in [3.8, 4) is 0 Å². The Hall–Kier alpha value is -2.53. The van der Waals surface area contributed by atoms with E-state index < -0.39 is 0 Å². The van der Waals surface area contributed by atoms with Crippen LogP contribution >= 0.6 is 11.6 Å². The highest BCUT2D eigenvalue weighted by Gasteiger charge is 2.25. The number of nitrogens with one attached hydrogen (secondary N) is 1. The minimum atomic E-state index is -0.0375. The third-order valence-electron chi connectivity index (χ3n) is 5.31. The molecule has 3 aromatic rings. The summed E-state index contributed by atoms with van der Waals surface area (Å²) in [7, 11) is 0. The molecular weight excluding hydrogens is 372 g/mol. The number of para-hydroxylation sites is 2. The van der Waals surface area contributed by atoms with Gasteiger partial charge in [-0.15, -0.1) is 0 Å². The monoisotopic (exact) mass is 396 g/mol. The Morgan fingerprint density at radius 1 is 1.11 bits per heavy atom. The SMILES string of the molecule is CC(C)n1c(N2CCC(NC(=O)c3ccc(Cl)cc3)CC2)nc2ccccc21. The van der Waals surface area contributed by atoms with E-state index in [4.69, 9.17) is 16.6 Å². The highest BCUT2D eigenvalue weighted by molar-refractivity contribution is 6.30. The number of nitrogens with zero attached hydrogens (tertiary/aromatic N) is 3. The molecule has 1 amide bonds. The van der Waals surface area contributed by atoms with E-state index in [9.17, 15) is 4.79 Å². The van der Waals surface area contributed by atoms with Gasteiger partial charge in [0.05, 0.1) is 11.0 Å². The summed E-state index contributed by atoms with van der Waals surface area (Å²) in [5.74, 6) is 0.989. The zero-order valence-electron chi connectivity index (χ0n) is 16.2. The van der Waals surface area contributed by atoms with Crippen molar-refractivity contribution in [3.05, 3.63) is 59.1 Å². The fraction of sp³-hybridized carbons (Fsp3) is 0.364. The van der Waals surface area contributed by atoms with Crippen LogP contribution in [-0.2, 0) is 0 Å². The van der Waals surface area contributed by atoms with Gasteiger partial charge in [-0.3, -0.25) is 4.79 Å². The van der Waals surface area contributed by atoms with Crippen molar-refractivity contribution in [2.45, 2.75) is 38.8 Å². The van der Waals surface area contributed by atoms with Crippen molar-refractivity contribution in [2.24, 2.45) is 0 Å². The van der Waals surface area contributed by atoms with Crippen molar-refractivity contribution in [2.75, 3.05) is 18.0 Å². The summed E-state index contributed by atoms with van der Waals surface area (Å²) in [6.07, 6.45) is 1.81. The number of rotatable bonds is 4. The Morgan fingerprint density at radius 2 is 1.79 bits per heavy atom. The van der Waals surface area contributed by atoms with Gasteiger partial charge in [-0.2, -0.15) is 0 Å². The third-order valence-corrected chi connectivity index (χ3v) is 5.56. The molecule has 28 heavy (non-hydrogen) atoms. The number of aromatic nitrogens is 2. The summed E-state index contributed by atoms with van der Waals surface area (Å²) >= 11 is 5.90. The van der Waals surface area contributed by atoms with Crippen LogP contribution in [0.4, 0.5) is 5.95 Å². The topological polar surface area (TPSA) is 50.2 Å². The second kappa shape index (κ2) is 7.84. The van der Waals surface area contributed by atoms with Gasteiger partial charge >= 0.3 is 0 Å². The maximum Gasteiger partial charge on any atom is 0.251 e. The molecule has 2 heterocycles. The summed E-state index contributed by atoms with van der Waals surface area (Å²) < 4.78 is 2.31. The number of carbonyl (C=O) groups excluding carboxylic acids is 1. The van der Waals surface area contributed by atoms with Gasteiger partial charge in [0.2, 0.25) is 5.95 Å². The first-order valence-corrected chi connectivity index (χ1v) is 10.2. The van der Waals surface area contributed by atoms with Crippen molar-refractivity contribution >= 4 is 34.5 Å². The summed E-state index contributed by atoms with van der Waals surface area (Å²) in [4.78, 5) is 19.7. The first-order chi connectivity index (χ1) is 13.5. The predicted molar refractivity (Wildman–Crippen MR) is 114 cm³/mol. The lowest BCUT2D eigenvalue weighted by atomic mass is 10.0. The lowest BCUT2D eigenvalue weighted by Crippen LogP contribution is -2.45. The van der Waals surface area contributed by atoms with Crippen molar-refractivity contribution in [1.29, 1.82) is 0 Å². The molecule has 1 fully saturated rings. The number of hydrogen-bond donors (Lipinski definition) is 1. The molecule has 0 atom stereocenters. The largest absolute Gasteiger partial charge is 0.349 e. The van der Waals surface area contributed by atoms with Crippen molar-refractivity contribution < 1.29 is 4.79 Å². The van der Waals surface area contributed by atoms with Crippen LogP contribution in [0.1, 0.15) is 43.1 Å². The van der Waals surface area contributed by atoms with E-state index in [1.165, 1.54) is 5.52 Å². The molecule has 1 aliphatic heterocycles. The van der Waals surface area contributed by atoms with Gasteiger partial charge < -0.3 is 14.8 Å². The maximum atomic E-state index is 12.5. The Bertz CT molecular complexity index is 972. The van der Waals surface area contributed by atoms with E-state index >= 15 is 0 Å². The Morgan fingerprint density at radius 3 is 2.46 bits per heavy atom. The fourth-order valence-corrected chi connectivity index (χ4v) is 3.98. The Kier molecular flexibility index (Phi) is 5.27. The van der Waals surface area contributed by atoms with Gasteiger partial charge in [-0.1, -0.05) is 23.7 Å². The zero-order valence-corrected chi connectivity index (χ0v) is 17.0. The molecule has 0 radical (unpaired) electrons. The third kappa shape index (κ3) is 3.72. The standard InChI is InChI=1S/C22H25ClN4O/c1-15(2)27-20-6-4-3-5-19(20)25-22(27)26-13-11-18(12-14-26)24-21(28)16-7-9-17(23)10-8-16/h3-10,15,18H,11-14H2,1-2H3,(H,24,28). The Labute approximate surface area is 170 Å². The minimum Gasteiger partial charge on any atom is -0.349 e. The molecule has 4 rings (SSSR count). The van der Waals surface area contributed by atoms with Crippen LogP contribution in [0.25, 0.3) is 11.0 Å². The van der Waals surface area contributed by atoms with E-state index in [1.54, 1.807) is 24.3 Å². The molecule has 5 nitrogen and oxygen atoms in total. The molecule has 1 aliphatic rings. The maximum absolute atomic E-state index is 12.5. The highest BCUT2D eigenvalue weighted by atomic mass is 35.5. The van der Waals surface area contributed by atoms with Gasteiger partial charge in [0, 0.05) is 35.8 Å².